The predicted molar refractivity (Wildman–Crippen MR) is 68.5 cm³/mol. The second kappa shape index (κ2) is 5.52. The SMILES string of the molecule is CCCOC1Cc2ccc(OC)cc2C1NC. The van der Waals surface area contributed by atoms with Gasteiger partial charge in [-0.25, -0.2) is 0 Å². The topological polar surface area (TPSA) is 30.5 Å². The van der Waals surface area contributed by atoms with Gasteiger partial charge < -0.3 is 14.8 Å². The van der Waals surface area contributed by atoms with E-state index in [2.05, 4.69) is 24.4 Å². The zero-order chi connectivity index (χ0) is 12.3. The maximum atomic E-state index is 5.91. The fraction of sp³-hybridized carbons (Fsp3) is 0.571. The molecule has 0 heterocycles. The number of benzene rings is 1. The fourth-order valence-electron chi connectivity index (χ4n) is 2.48. The summed E-state index contributed by atoms with van der Waals surface area (Å²) in [6.07, 6.45) is 2.30. The molecule has 0 saturated carbocycles. The third kappa shape index (κ3) is 2.45. The maximum Gasteiger partial charge on any atom is 0.119 e. The molecule has 0 fully saturated rings. The van der Waals surface area contributed by atoms with Crippen LogP contribution in [-0.2, 0) is 11.2 Å². The summed E-state index contributed by atoms with van der Waals surface area (Å²) in [5, 5.41) is 3.35. The van der Waals surface area contributed by atoms with Gasteiger partial charge in [0.1, 0.15) is 5.75 Å². The minimum Gasteiger partial charge on any atom is -0.497 e. The van der Waals surface area contributed by atoms with E-state index in [4.69, 9.17) is 9.47 Å². The number of likely N-dealkylation sites (N-methyl/N-ethyl adjacent to an activating group) is 1. The minimum absolute atomic E-state index is 0.252. The lowest BCUT2D eigenvalue weighted by molar-refractivity contribution is 0.0369. The molecule has 0 amide bonds. The summed E-state index contributed by atoms with van der Waals surface area (Å²) in [6.45, 7) is 2.97. The molecule has 94 valence electrons. The smallest absolute Gasteiger partial charge is 0.119 e. The molecule has 0 bridgehead atoms. The van der Waals surface area contributed by atoms with Gasteiger partial charge in [-0.1, -0.05) is 13.0 Å². The molecule has 1 aliphatic carbocycles. The van der Waals surface area contributed by atoms with Gasteiger partial charge in [-0.3, -0.25) is 0 Å². The number of hydrogen-bond donors (Lipinski definition) is 1. The molecule has 0 aliphatic heterocycles. The van der Waals surface area contributed by atoms with Gasteiger partial charge in [0.2, 0.25) is 0 Å². The Bertz CT molecular complexity index is 378. The Hall–Kier alpha value is -1.06. The first-order chi connectivity index (χ1) is 8.30. The monoisotopic (exact) mass is 235 g/mol. The Morgan fingerprint density at radius 3 is 2.88 bits per heavy atom. The van der Waals surface area contributed by atoms with Crippen molar-refractivity contribution in [2.45, 2.75) is 31.9 Å². The van der Waals surface area contributed by atoms with Gasteiger partial charge in [0, 0.05) is 13.0 Å². The highest BCUT2D eigenvalue weighted by atomic mass is 16.5. The average molecular weight is 235 g/mol. The zero-order valence-electron chi connectivity index (χ0n) is 10.8. The number of hydrogen-bond acceptors (Lipinski definition) is 3. The molecule has 0 aromatic heterocycles. The Morgan fingerprint density at radius 2 is 2.24 bits per heavy atom. The minimum atomic E-state index is 0.252. The van der Waals surface area contributed by atoms with E-state index in [0.717, 1.165) is 25.2 Å². The van der Waals surface area contributed by atoms with Crippen LogP contribution in [-0.4, -0.2) is 26.9 Å². The number of rotatable bonds is 5. The van der Waals surface area contributed by atoms with Crippen molar-refractivity contribution in [1.82, 2.24) is 5.32 Å². The van der Waals surface area contributed by atoms with Gasteiger partial charge in [-0.2, -0.15) is 0 Å². The van der Waals surface area contributed by atoms with Crippen LogP contribution in [0.3, 0.4) is 0 Å². The van der Waals surface area contributed by atoms with E-state index >= 15 is 0 Å². The summed E-state index contributed by atoms with van der Waals surface area (Å²) >= 11 is 0. The van der Waals surface area contributed by atoms with Crippen LogP contribution in [0.5, 0.6) is 5.75 Å². The van der Waals surface area contributed by atoms with Crippen LogP contribution in [0.25, 0.3) is 0 Å². The van der Waals surface area contributed by atoms with E-state index in [-0.39, 0.29) is 12.1 Å². The molecular formula is C14H21NO2. The van der Waals surface area contributed by atoms with E-state index in [9.17, 15) is 0 Å². The number of nitrogens with one attached hydrogen (secondary N) is 1. The lowest BCUT2D eigenvalue weighted by Gasteiger charge is -2.20. The summed E-state index contributed by atoms with van der Waals surface area (Å²) < 4.78 is 11.2. The second-order valence-electron chi connectivity index (χ2n) is 4.44. The maximum absolute atomic E-state index is 5.91. The van der Waals surface area contributed by atoms with E-state index in [0.29, 0.717) is 0 Å². The molecule has 0 saturated heterocycles. The average Bonchev–Trinajstić information content (AvgIpc) is 2.72. The van der Waals surface area contributed by atoms with E-state index in [1.807, 2.05) is 13.1 Å². The van der Waals surface area contributed by atoms with Crippen molar-refractivity contribution in [1.29, 1.82) is 0 Å². The van der Waals surface area contributed by atoms with Gasteiger partial charge in [0.05, 0.1) is 19.3 Å². The van der Waals surface area contributed by atoms with Crippen LogP contribution < -0.4 is 10.1 Å². The Kier molecular flexibility index (Phi) is 4.02. The fourth-order valence-corrected chi connectivity index (χ4v) is 2.48. The van der Waals surface area contributed by atoms with Gasteiger partial charge >= 0.3 is 0 Å². The molecule has 1 aromatic rings. The van der Waals surface area contributed by atoms with Crippen LogP contribution >= 0.6 is 0 Å². The Morgan fingerprint density at radius 1 is 1.41 bits per heavy atom. The van der Waals surface area contributed by atoms with E-state index < -0.39 is 0 Å². The quantitative estimate of drug-likeness (QED) is 0.849. The molecule has 3 nitrogen and oxygen atoms in total. The van der Waals surface area contributed by atoms with Crippen LogP contribution in [0.1, 0.15) is 30.5 Å². The molecule has 2 atom stereocenters. The summed E-state index contributed by atoms with van der Waals surface area (Å²) in [4.78, 5) is 0. The lowest BCUT2D eigenvalue weighted by Crippen LogP contribution is -2.28. The standard InChI is InChI=1S/C14H21NO2/c1-4-7-17-13-8-10-5-6-11(16-3)9-12(10)14(13)15-2/h5-6,9,13-15H,4,7-8H2,1-3H3. The third-order valence-corrected chi connectivity index (χ3v) is 3.33. The molecule has 0 spiro atoms. The molecule has 0 radical (unpaired) electrons. The molecule has 1 aliphatic rings. The Balaban J connectivity index is 2.19. The molecule has 2 unspecified atom stereocenters. The normalized spacial score (nSPS) is 22.5. The van der Waals surface area contributed by atoms with Crippen molar-refractivity contribution in [3.63, 3.8) is 0 Å². The summed E-state index contributed by atoms with van der Waals surface area (Å²) in [6, 6.07) is 6.57. The van der Waals surface area contributed by atoms with Crippen LogP contribution in [0, 0.1) is 0 Å². The summed E-state index contributed by atoms with van der Waals surface area (Å²) in [5.41, 5.74) is 2.68. The van der Waals surface area contributed by atoms with Crippen molar-refractivity contribution < 1.29 is 9.47 Å². The highest BCUT2D eigenvalue weighted by Gasteiger charge is 2.32. The molecule has 1 aromatic carbocycles. The summed E-state index contributed by atoms with van der Waals surface area (Å²) in [5.74, 6) is 0.917. The first-order valence-corrected chi connectivity index (χ1v) is 6.25. The highest BCUT2D eigenvalue weighted by Crippen LogP contribution is 2.35. The largest absolute Gasteiger partial charge is 0.497 e. The van der Waals surface area contributed by atoms with Crippen molar-refractivity contribution in [3.8, 4) is 5.75 Å². The van der Waals surface area contributed by atoms with Gasteiger partial charge in [-0.05, 0) is 36.7 Å². The molecular weight excluding hydrogens is 214 g/mol. The summed E-state index contributed by atoms with van der Waals surface area (Å²) in [7, 11) is 3.69. The van der Waals surface area contributed by atoms with Gasteiger partial charge in [0.25, 0.3) is 0 Å². The molecule has 17 heavy (non-hydrogen) atoms. The van der Waals surface area contributed by atoms with Crippen molar-refractivity contribution in [3.05, 3.63) is 29.3 Å². The first kappa shape index (κ1) is 12.4. The first-order valence-electron chi connectivity index (χ1n) is 6.25. The van der Waals surface area contributed by atoms with E-state index in [1.54, 1.807) is 7.11 Å². The van der Waals surface area contributed by atoms with Crippen LogP contribution in [0.4, 0.5) is 0 Å². The predicted octanol–water partition coefficient (Wildman–Crippen LogP) is 2.31. The van der Waals surface area contributed by atoms with Crippen LogP contribution in [0.15, 0.2) is 18.2 Å². The number of fused-ring (bicyclic) bond motifs is 1. The van der Waals surface area contributed by atoms with Gasteiger partial charge in [0.15, 0.2) is 0 Å². The highest BCUT2D eigenvalue weighted by molar-refractivity contribution is 5.42. The molecule has 3 heteroatoms. The molecule has 1 N–H and O–H groups in total. The van der Waals surface area contributed by atoms with Crippen molar-refractivity contribution in [2.24, 2.45) is 0 Å². The van der Waals surface area contributed by atoms with Gasteiger partial charge in [-0.15, -0.1) is 0 Å². The van der Waals surface area contributed by atoms with Crippen LogP contribution in [0.2, 0.25) is 0 Å². The zero-order valence-corrected chi connectivity index (χ0v) is 10.8. The van der Waals surface area contributed by atoms with E-state index in [1.165, 1.54) is 11.1 Å². The second-order valence-corrected chi connectivity index (χ2v) is 4.44. The third-order valence-electron chi connectivity index (χ3n) is 3.33. The van der Waals surface area contributed by atoms with Crippen molar-refractivity contribution >= 4 is 0 Å². The Labute approximate surface area is 103 Å². The van der Waals surface area contributed by atoms with Crippen molar-refractivity contribution in [2.75, 3.05) is 20.8 Å². The number of ether oxygens (including phenoxy) is 2. The molecule has 2 rings (SSSR count). The lowest BCUT2D eigenvalue weighted by atomic mass is 10.1. The number of methoxy groups -OCH3 is 1.